The molecular formula is C10H8N2O4. The second kappa shape index (κ2) is 4.43. The first-order valence-corrected chi connectivity index (χ1v) is 4.47. The van der Waals surface area contributed by atoms with Crippen LogP contribution < -0.4 is 4.74 Å². The Morgan fingerprint density at radius 1 is 1.50 bits per heavy atom. The quantitative estimate of drug-likeness (QED) is 0.836. The molecule has 0 saturated heterocycles. The van der Waals surface area contributed by atoms with Crippen LogP contribution in [0, 0.1) is 0 Å². The lowest BCUT2D eigenvalue weighted by molar-refractivity contribution is 0.0696. The smallest absolute Gasteiger partial charge is 0.335 e. The zero-order chi connectivity index (χ0) is 11.4. The summed E-state index contributed by atoms with van der Waals surface area (Å²) in [6.45, 7) is 0.138. The van der Waals surface area contributed by atoms with Crippen LogP contribution in [0.3, 0.4) is 0 Å². The highest BCUT2D eigenvalue weighted by molar-refractivity contribution is 5.87. The van der Waals surface area contributed by atoms with Crippen LogP contribution in [0.2, 0.25) is 0 Å². The molecule has 0 aliphatic rings. The van der Waals surface area contributed by atoms with Crippen LogP contribution in [0.4, 0.5) is 0 Å². The average molecular weight is 220 g/mol. The van der Waals surface area contributed by atoms with Crippen LogP contribution in [0.1, 0.15) is 16.2 Å². The molecule has 1 aromatic heterocycles. The molecule has 0 amide bonds. The van der Waals surface area contributed by atoms with E-state index in [4.69, 9.17) is 9.84 Å². The van der Waals surface area contributed by atoms with Crippen molar-refractivity contribution in [2.24, 2.45) is 0 Å². The Kier molecular flexibility index (Phi) is 2.81. The van der Waals surface area contributed by atoms with Crippen molar-refractivity contribution in [2.75, 3.05) is 0 Å². The molecular weight excluding hydrogens is 212 g/mol. The van der Waals surface area contributed by atoms with Crippen LogP contribution >= 0.6 is 0 Å². The molecule has 0 bridgehead atoms. The third-order valence-corrected chi connectivity index (χ3v) is 1.86. The SMILES string of the molecule is O=C(O)c1cccc(OCc2ncon2)c1. The van der Waals surface area contributed by atoms with Crippen molar-refractivity contribution in [3.63, 3.8) is 0 Å². The second-order valence-corrected chi connectivity index (χ2v) is 2.97. The highest BCUT2D eigenvalue weighted by Gasteiger charge is 2.05. The van der Waals surface area contributed by atoms with Gasteiger partial charge in [-0.3, -0.25) is 0 Å². The Bertz CT molecular complexity index is 481. The van der Waals surface area contributed by atoms with Gasteiger partial charge in [0.2, 0.25) is 12.2 Å². The first kappa shape index (κ1) is 10.2. The standard InChI is InChI=1S/C10H8N2O4/c13-10(14)7-2-1-3-8(4-7)15-5-9-11-6-16-12-9/h1-4,6H,5H2,(H,13,14). The van der Waals surface area contributed by atoms with E-state index in [0.717, 1.165) is 0 Å². The fraction of sp³-hybridized carbons (Fsp3) is 0.100. The van der Waals surface area contributed by atoms with Gasteiger partial charge in [0.25, 0.3) is 0 Å². The zero-order valence-electron chi connectivity index (χ0n) is 8.16. The molecule has 16 heavy (non-hydrogen) atoms. The molecule has 0 spiro atoms. The van der Waals surface area contributed by atoms with Gasteiger partial charge in [-0.15, -0.1) is 0 Å². The lowest BCUT2D eigenvalue weighted by atomic mass is 10.2. The van der Waals surface area contributed by atoms with Gasteiger partial charge in [-0.05, 0) is 18.2 Å². The molecule has 0 radical (unpaired) electrons. The molecule has 1 heterocycles. The zero-order valence-corrected chi connectivity index (χ0v) is 8.16. The monoisotopic (exact) mass is 220 g/mol. The summed E-state index contributed by atoms with van der Waals surface area (Å²) in [5.41, 5.74) is 0.172. The van der Waals surface area contributed by atoms with Crippen molar-refractivity contribution in [3.8, 4) is 5.75 Å². The molecule has 82 valence electrons. The summed E-state index contributed by atoms with van der Waals surface area (Å²) >= 11 is 0. The summed E-state index contributed by atoms with van der Waals surface area (Å²) < 4.78 is 9.82. The maximum Gasteiger partial charge on any atom is 0.335 e. The minimum absolute atomic E-state index is 0.138. The molecule has 6 heteroatoms. The van der Waals surface area contributed by atoms with Gasteiger partial charge < -0.3 is 14.4 Å². The number of carboxylic acid groups (broad SMARTS) is 1. The first-order valence-electron chi connectivity index (χ1n) is 4.47. The van der Waals surface area contributed by atoms with E-state index >= 15 is 0 Å². The Balaban J connectivity index is 2.04. The van der Waals surface area contributed by atoms with Crippen molar-refractivity contribution in [1.82, 2.24) is 10.1 Å². The predicted octanol–water partition coefficient (Wildman–Crippen LogP) is 1.35. The van der Waals surface area contributed by atoms with Crippen molar-refractivity contribution < 1.29 is 19.2 Å². The summed E-state index contributed by atoms with van der Waals surface area (Å²) in [4.78, 5) is 14.5. The van der Waals surface area contributed by atoms with E-state index < -0.39 is 5.97 Å². The molecule has 2 rings (SSSR count). The Morgan fingerprint density at radius 2 is 2.38 bits per heavy atom. The topological polar surface area (TPSA) is 85.5 Å². The van der Waals surface area contributed by atoms with Crippen LogP contribution in [-0.4, -0.2) is 21.2 Å². The highest BCUT2D eigenvalue weighted by atomic mass is 16.5. The van der Waals surface area contributed by atoms with E-state index in [1.807, 2.05) is 0 Å². The highest BCUT2D eigenvalue weighted by Crippen LogP contribution is 2.14. The Hall–Kier alpha value is -2.37. The van der Waals surface area contributed by atoms with Gasteiger partial charge >= 0.3 is 5.97 Å². The van der Waals surface area contributed by atoms with E-state index in [2.05, 4.69) is 14.7 Å². The molecule has 1 aromatic carbocycles. The van der Waals surface area contributed by atoms with E-state index in [0.29, 0.717) is 11.6 Å². The minimum atomic E-state index is -0.995. The fourth-order valence-electron chi connectivity index (χ4n) is 1.12. The lowest BCUT2D eigenvalue weighted by Crippen LogP contribution is -2.00. The number of benzene rings is 1. The number of hydrogen-bond acceptors (Lipinski definition) is 5. The molecule has 0 saturated carbocycles. The number of aromatic nitrogens is 2. The van der Waals surface area contributed by atoms with Gasteiger partial charge in [0.05, 0.1) is 5.56 Å². The summed E-state index contributed by atoms with van der Waals surface area (Å²) in [6.07, 6.45) is 1.20. The van der Waals surface area contributed by atoms with E-state index in [1.165, 1.54) is 18.5 Å². The van der Waals surface area contributed by atoms with Gasteiger partial charge in [-0.1, -0.05) is 11.2 Å². The van der Waals surface area contributed by atoms with Crippen molar-refractivity contribution in [1.29, 1.82) is 0 Å². The first-order chi connectivity index (χ1) is 7.75. The number of ether oxygens (including phenoxy) is 1. The third kappa shape index (κ3) is 2.35. The summed E-state index contributed by atoms with van der Waals surface area (Å²) in [5, 5.41) is 12.3. The van der Waals surface area contributed by atoms with Crippen LogP contribution in [0.25, 0.3) is 0 Å². The Labute approximate surface area is 90.5 Å². The van der Waals surface area contributed by atoms with E-state index in [-0.39, 0.29) is 12.2 Å². The molecule has 6 nitrogen and oxygen atoms in total. The van der Waals surface area contributed by atoms with Crippen LogP contribution in [0.15, 0.2) is 35.2 Å². The maximum atomic E-state index is 10.7. The summed E-state index contributed by atoms with van der Waals surface area (Å²) in [6, 6.07) is 6.19. The molecule has 0 aliphatic heterocycles. The molecule has 1 N–H and O–H groups in total. The van der Waals surface area contributed by atoms with E-state index in [9.17, 15) is 4.79 Å². The predicted molar refractivity (Wildman–Crippen MR) is 52.0 cm³/mol. The van der Waals surface area contributed by atoms with Gasteiger partial charge in [-0.25, -0.2) is 4.79 Å². The normalized spacial score (nSPS) is 10.0. The molecule has 0 atom stereocenters. The molecule has 0 aliphatic carbocycles. The van der Waals surface area contributed by atoms with Gasteiger partial charge in [0, 0.05) is 0 Å². The average Bonchev–Trinajstić information content (AvgIpc) is 2.79. The van der Waals surface area contributed by atoms with Crippen molar-refractivity contribution in [3.05, 3.63) is 42.0 Å². The van der Waals surface area contributed by atoms with Crippen LogP contribution in [-0.2, 0) is 6.61 Å². The van der Waals surface area contributed by atoms with Gasteiger partial charge in [0.1, 0.15) is 5.75 Å². The minimum Gasteiger partial charge on any atom is -0.485 e. The van der Waals surface area contributed by atoms with Crippen LogP contribution in [0.5, 0.6) is 5.75 Å². The summed E-state index contributed by atoms with van der Waals surface area (Å²) in [5.74, 6) is -0.143. The Morgan fingerprint density at radius 3 is 3.06 bits per heavy atom. The lowest BCUT2D eigenvalue weighted by Gasteiger charge is -2.03. The number of hydrogen-bond donors (Lipinski definition) is 1. The molecule has 0 fully saturated rings. The number of carboxylic acids is 1. The van der Waals surface area contributed by atoms with E-state index in [1.54, 1.807) is 12.1 Å². The molecule has 0 unspecified atom stereocenters. The summed E-state index contributed by atoms with van der Waals surface area (Å²) in [7, 11) is 0. The second-order valence-electron chi connectivity index (χ2n) is 2.97. The number of carbonyl (C=O) groups is 1. The van der Waals surface area contributed by atoms with Gasteiger partial charge in [0.15, 0.2) is 6.61 Å². The number of aromatic carboxylic acids is 1. The largest absolute Gasteiger partial charge is 0.485 e. The van der Waals surface area contributed by atoms with Crippen molar-refractivity contribution in [2.45, 2.75) is 6.61 Å². The van der Waals surface area contributed by atoms with Gasteiger partial charge in [-0.2, -0.15) is 4.98 Å². The maximum absolute atomic E-state index is 10.7. The number of nitrogens with zero attached hydrogens (tertiary/aromatic N) is 2. The molecule has 2 aromatic rings. The fourth-order valence-corrected chi connectivity index (χ4v) is 1.12. The van der Waals surface area contributed by atoms with Crippen molar-refractivity contribution >= 4 is 5.97 Å². The number of rotatable bonds is 4. The third-order valence-electron chi connectivity index (χ3n) is 1.86.